The molecule has 98 valence electrons. The van der Waals surface area contributed by atoms with Crippen LogP contribution >= 0.6 is 0 Å². The van der Waals surface area contributed by atoms with Crippen molar-refractivity contribution in [3.63, 3.8) is 0 Å². The van der Waals surface area contributed by atoms with E-state index in [0.717, 1.165) is 30.8 Å². The standard InChI is InChI=1S/C14H21N3O/c1-11-5-3-4-6-12(11)17-10-9-16(2)13(7-8-15)14(17)18/h3-6,13H,7-10,15H2,1-2H3. The van der Waals surface area contributed by atoms with Gasteiger partial charge in [0, 0.05) is 18.8 Å². The number of anilines is 1. The summed E-state index contributed by atoms with van der Waals surface area (Å²) in [5, 5.41) is 0. The number of nitrogens with two attached hydrogens (primary N) is 1. The van der Waals surface area contributed by atoms with Gasteiger partial charge < -0.3 is 10.6 Å². The maximum atomic E-state index is 12.5. The van der Waals surface area contributed by atoms with E-state index in [1.54, 1.807) is 0 Å². The van der Waals surface area contributed by atoms with Gasteiger partial charge in [0.05, 0.1) is 6.04 Å². The Kier molecular flexibility index (Phi) is 3.99. The summed E-state index contributed by atoms with van der Waals surface area (Å²) < 4.78 is 0. The lowest BCUT2D eigenvalue weighted by Gasteiger charge is -2.39. The summed E-state index contributed by atoms with van der Waals surface area (Å²) in [5.74, 6) is 0.170. The highest BCUT2D eigenvalue weighted by atomic mass is 16.2. The zero-order chi connectivity index (χ0) is 13.1. The van der Waals surface area contributed by atoms with Gasteiger partial charge in [0.25, 0.3) is 0 Å². The highest BCUT2D eigenvalue weighted by Crippen LogP contribution is 2.24. The Labute approximate surface area is 108 Å². The number of nitrogens with zero attached hydrogens (tertiary/aromatic N) is 2. The molecule has 1 fully saturated rings. The number of likely N-dealkylation sites (N-methyl/N-ethyl adjacent to an activating group) is 1. The number of piperazine rings is 1. The molecular weight excluding hydrogens is 226 g/mol. The third kappa shape index (κ3) is 2.40. The second-order valence-electron chi connectivity index (χ2n) is 4.85. The summed E-state index contributed by atoms with van der Waals surface area (Å²) in [6.07, 6.45) is 0.720. The fourth-order valence-electron chi connectivity index (χ4n) is 2.50. The molecule has 0 bridgehead atoms. The SMILES string of the molecule is Cc1ccccc1N1CCN(C)C(CCN)C1=O. The number of hydrogen-bond acceptors (Lipinski definition) is 3. The zero-order valence-electron chi connectivity index (χ0n) is 11.1. The molecule has 1 saturated heterocycles. The highest BCUT2D eigenvalue weighted by molar-refractivity contribution is 5.98. The van der Waals surface area contributed by atoms with E-state index in [2.05, 4.69) is 4.90 Å². The summed E-state index contributed by atoms with van der Waals surface area (Å²) in [6, 6.07) is 7.95. The molecule has 0 aliphatic carbocycles. The van der Waals surface area contributed by atoms with Gasteiger partial charge >= 0.3 is 0 Å². The zero-order valence-corrected chi connectivity index (χ0v) is 11.1. The van der Waals surface area contributed by atoms with Crippen LogP contribution in [-0.2, 0) is 4.79 Å². The van der Waals surface area contributed by atoms with Crippen molar-refractivity contribution in [1.82, 2.24) is 4.90 Å². The van der Waals surface area contributed by atoms with E-state index in [-0.39, 0.29) is 11.9 Å². The Morgan fingerprint density at radius 1 is 1.33 bits per heavy atom. The van der Waals surface area contributed by atoms with Crippen LogP contribution in [0.15, 0.2) is 24.3 Å². The minimum Gasteiger partial charge on any atom is -0.330 e. The molecule has 2 rings (SSSR count). The van der Waals surface area contributed by atoms with E-state index >= 15 is 0 Å². The monoisotopic (exact) mass is 247 g/mol. The number of benzene rings is 1. The van der Waals surface area contributed by atoms with Crippen molar-refractivity contribution < 1.29 is 4.79 Å². The first-order chi connectivity index (χ1) is 8.65. The van der Waals surface area contributed by atoms with Gasteiger partial charge in [-0.05, 0) is 38.6 Å². The lowest BCUT2D eigenvalue weighted by atomic mass is 10.1. The van der Waals surface area contributed by atoms with Crippen molar-refractivity contribution in [3.05, 3.63) is 29.8 Å². The smallest absolute Gasteiger partial charge is 0.244 e. The summed E-state index contributed by atoms with van der Waals surface area (Å²) in [4.78, 5) is 16.5. The first-order valence-electron chi connectivity index (χ1n) is 6.42. The van der Waals surface area contributed by atoms with Gasteiger partial charge in [-0.1, -0.05) is 18.2 Å². The quantitative estimate of drug-likeness (QED) is 0.866. The van der Waals surface area contributed by atoms with Crippen LogP contribution in [0.5, 0.6) is 0 Å². The number of carbonyl (C=O) groups excluding carboxylic acids is 1. The molecule has 0 saturated carbocycles. The van der Waals surface area contributed by atoms with E-state index in [4.69, 9.17) is 5.73 Å². The summed E-state index contributed by atoms with van der Waals surface area (Å²) in [5.41, 5.74) is 7.77. The normalized spacial score (nSPS) is 21.4. The molecule has 0 aromatic heterocycles. The lowest BCUT2D eigenvalue weighted by Crippen LogP contribution is -2.56. The summed E-state index contributed by atoms with van der Waals surface area (Å²) in [6.45, 7) is 4.23. The molecule has 1 atom stereocenters. The molecule has 1 amide bonds. The first-order valence-corrected chi connectivity index (χ1v) is 6.42. The van der Waals surface area contributed by atoms with Crippen molar-refractivity contribution in [3.8, 4) is 0 Å². The average molecular weight is 247 g/mol. The summed E-state index contributed by atoms with van der Waals surface area (Å²) >= 11 is 0. The fourth-order valence-corrected chi connectivity index (χ4v) is 2.50. The van der Waals surface area contributed by atoms with Gasteiger partial charge in [-0.2, -0.15) is 0 Å². The molecule has 18 heavy (non-hydrogen) atoms. The molecule has 1 aliphatic rings. The molecule has 1 unspecified atom stereocenters. The maximum Gasteiger partial charge on any atom is 0.244 e. The van der Waals surface area contributed by atoms with Gasteiger partial charge in [0.1, 0.15) is 0 Å². The Bertz CT molecular complexity index is 433. The van der Waals surface area contributed by atoms with Crippen molar-refractivity contribution >= 4 is 11.6 Å². The number of amides is 1. The molecule has 0 radical (unpaired) electrons. The van der Waals surface area contributed by atoms with Crippen molar-refractivity contribution in [1.29, 1.82) is 0 Å². The van der Waals surface area contributed by atoms with Gasteiger partial charge in [-0.25, -0.2) is 0 Å². The third-order valence-corrected chi connectivity index (χ3v) is 3.61. The van der Waals surface area contributed by atoms with Gasteiger partial charge in [0.2, 0.25) is 5.91 Å². The predicted octanol–water partition coefficient (Wildman–Crippen LogP) is 0.991. The van der Waals surface area contributed by atoms with Crippen LogP contribution < -0.4 is 10.6 Å². The van der Waals surface area contributed by atoms with Crippen LogP contribution in [0.1, 0.15) is 12.0 Å². The topological polar surface area (TPSA) is 49.6 Å². The van der Waals surface area contributed by atoms with Crippen LogP contribution in [0.25, 0.3) is 0 Å². The van der Waals surface area contributed by atoms with E-state index in [1.165, 1.54) is 0 Å². The molecule has 1 aromatic rings. The van der Waals surface area contributed by atoms with Crippen molar-refractivity contribution in [2.24, 2.45) is 5.73 Å². The number of rotatable bonds is 3. The van der Waals surface area contributed by atoms with Crippen molar-refractivity contribution in [2.75, 3.05) is 31.6 Å². The molecule has 0 spiro atoms. The van der Waals surface area contributed by atoms with E-state index in [9.17, 15) is 4.79 Å². The molecule has 1 aromatic carbocycles. The van der Waals surface area contributed by atoms with E-state index < -0.39 is 0 Å². The van der Waals surface area contributed by atoms with Crippen LogP contribution in [-0.4, -0.2) is 43.5 Å². The number of para-hydroxylation sites is 1. The molecular formula is C14H21N3O. The summed E-state index contributed by atoms with van der Waals surface area (Å²) in [7, 11) is 1.99. The lowest BCUT2D eigenvalue weighted by molar-refractivity contribution is -0.125. The van der Waals surface area contributed by atoms with Crippen LogP contribution in [0.2, 0.25) is 0 Å². The van der Waals surface area contributed by atoms with Crippen LogP contribution in [0, 0.1) is 6.92 Å². The second-order valence-corrected chi connectivity index (χ2v) is 4.85. The third-order valence-electron chi connectivity index (χ3n) is 3.61. The van der Waals surface area contributed by atoms with Crippen molar-refractivity contribution in [2.45, 2.75) is 19.4 Å². The number of carbonyl (C=O) groups is 1. The fraction of sp³-hybridized carbons (Fsp3) is 0.500. The second kappa shape index (κ2) is 5.50. The first kappa shape index (κ1) is 13.1. The van der Waals surface area contributed by atoms with Crippen LogP contribution in [0.4, 0.5) is 5.69 Å². The van der Waals surface area contributed by atoms with Gasteiger partial charge in [-0.3, -0.25) is 9.69 Å². The minimum absolute atomic E-state index is 0.0802. The Morgan fingerprint density at radius 2 is 2.06 bits per heavy atom. The largest absolute Gasteiger partial charge is 0.330 e. The Morgan fingerprint density at radius 3 is 2.72 bits per heavy atom. The molecule has 4 heteroatoms. The molecule has 4 nitrogen and oxygen atoms in total. The van der Waals surface area contributed by atoms with E-state index in [0.29, 0.717) is 6.54 Å². The Balaban J connectivity index is 2.25. The minimum atomic E-state index is -0.0802. The number of aryl methyl sites for hydroxylation is 1. The molecule has 1 aliphatic heterocycles. The Hall–Kier alpha value is -1.39. The maximum absolute atomic E-state index is 12.5. The average Bonchev–Trinajstić information content (AvgIpc) is 2.36. The number of hydrogen-bond donors (Lipinski definition) is 1. The van der Waals surface area contributed by atoms with Gasteiger partial charge in [-0.15, -0.1) is 0 Å². The van der Waals surface area contributed by atoms with E-state index in [1.807, 2.05) is 43.1 Å². The molecule has 1 heterocycles. The van der Waals surface area contributed by atoms with Gasteiger partial charge in [0.15, 0.2) is 0 Å². The predicted molar refractivity (Wildman–Crippen MR) is 73.6 cm³/mol. The van der Waals surface area contributed by atoms with Crippen LogP contribution in [0.3, 0.4) is 0 Å². The highest BCUT2D eigenvalue weighted by Gasteiger charge is 2.33. The molecule has 2 N–H and O–H groups in total.